The van der Waals surface area contributed by atoms with Crippen molar-refractivity contribution in [2.24, 2.45) is 16.6 Å². The van der Waals surface area contributed by atoms with Gasteiger partial charge in [-0.2, -0.15) is 0 Å². The molecular weight excluding hydrogens is 356 g/mol. The van der Waals surface area contributed by atoms with E-state index in [9.17, 15) is 4.79 Å². The van der Waals surface area contributed by atoms with E-state index in [-0.39, 0.29) is 17.2 Å². The normalized spacial score (nSPS) is 16.9. The van der Waals surface area contributed by atoms with Crippen LogP contribution in [0.1, 0.15) is 58.1 Å². The van der Waals surface area contributed by atoms with Crippen LogP contribution in [0.4, 0.5) is 0 Å². The average Bonchev–Trinajstić information content (AvgIpc) is 3.14. The van der Waals surface area contributed by atoms with Crippen molar-refractivity contribution >= 4 is 11.9 Å². The summed E-state index contributed by atoms with van der Waals surface area (Å²) in [5.41, 5.74) is 5.34. The minimum atomic E-state index is -0.151. The van der Waals surface area contributed by atoms with E-state index in [1.807, 2.05) is 0 Å². The Kier molecular flexibility index (Phi) is 8.29. The van der Waals surface area contributed by atoms with E-state index in [1.165, 1.54) is 0 Å². The van der Waals surface area contributed by atoms with Gasteiger partial charge in [-0.05, 0) is 45.3 Å². The molecule has 0 saturated carbocycles. The number of piperidine rings is 1. The van der Waals surface area contributed by atoms with Gasteiger partial charge in [-0.25, -0.2) is 4.98 Å². The fraction of sp³-hybridized carbons (Fsp3) is 0.750. The summed E-state index contributed by atoms with van der Waals surface area (Å²) in [4.78, 5) is 22.2. The van der Waals surface area contributed by atoms with Crippen molar-refractivity contribution in [3.63, 3.8) is 0 Å². The van der Waals surface area contributed by atoms with Crippen LogP contribution < -0.4 is 16.4 Å². The van der Waals surface area contributed by atoms with Gasteiger partial charge in [0.1, 0.15) is 5.76 Å². The number of hydrogen-bond acceptors (Lipinski definition) is 5. The van der Waals surface area contributed by atoms with Gasteiger partial charge < -0.3 is 25.7 Å². The zero-order chi connectivity index (χ0) is 20.6. The number of carbonyl (C=O) groups excluding carboxylic acids is 1. The first-order valence-corrected chi connectivity index (χ1v) is 10.2. The van der Waals surface area contributed by atoms with Crippen LogP contribution >= 0.6 is 0 Å². The number of guanidine groups is 1. The molecule has 1 aromatic heterocycles. The van der Waals surface area contributed by atoms with Gasteiger partial charge in [0.25, 0.3) is 0 Å². The number of nitrogens with two attached hydrogens (primary N) is 1. The molecule has 1 aromatic rings. The number of rotatable bonds is 8. The van der Waals surface area contributed by atoms with Gasteiger partial charge in [-0.3, -0.25) is 9.79 Å². The fourth-order valence-electron chi connectivity index (χ4n) is 3.23. The molecule has 1 saturated heterocycles. The maximum absolute atomic E-state index is 11.2. The number of amides is 1. The monoisotopic (exact) mass is 392 g/mol. The summed E-state index contributed by atoms with van der Waals surface area (Å²) in [5.74, 6) is 2.20. The lowest BCUT2D eigenvalue weighted by atomic mass is 9.94. The molecule has 1 aliphatic rings. The molecule has 1 amide bonds. The van der Waals surface area contributed by atoms with Crippen LogP contribution in [-0.2, 0) is 16.8 Å². The first kappa shape index (κ1) is 22.2. The largest absolute Gasteiger partial charge is 0.443 e. The minimum Gasteiger partial charge on any atom is -0.443 e. The van der Waals surface area contributed by atoms with E-state index >= 15 is 0 Å². The number of oxazole rings is 1. The van der Waals surface area contributed by atoms with Crippen LogP contribution in [0.25, 0.3) is 0 Å². The van der Waals surface area contributed by atoms with Crippen molar-refractivity contribution in [3.05, 3.63) is 17.8 Å². The number of unbranched alkanes of at least 4 members (excludes halogenated alkanes) is 1. The minimum absolute atomic E-state index is 0.0414. The number of aliphatic imine (C=N–C) groups is 1. The van der Waals surface area contributed by atoms with E-state index in [0.717, 1.165) is 63.6 Å². The number of nitrogens with zero attached hydrogens (tertiary/aromatic N) is 3. The van der Waals surface area contributed by atoms with Gasteiger partial charge in [0, 0.05) is 24.9 Å². The number of carbonyl (C=O) groups is 1. The zero-order valence-electron chi connectivity index (χ0n) is 17.8. The van der Waals surface area contributed by atoms with Gasteiger partial charge in [0.05, 0.1) is 12.7 Å². The highest BCUT2D eigenvalue weighted by atomic mass is 16.4. The summed E-state index contributed by atoms with van der Waals surface area (Å²) >= 11 is 0. The van der Waals surface area contributed by atoms with Crippen LogP contribution in [0.3, 0.4) is 0 Å². The Bertz CT molecular complexity index is 641. The lowest BCUT2D eigenvalue weighted by molar-refractivity contribution is -0.123. The van der Waals surface area contributed by atoms with Crippen molar-refractivity contribution < 1.29 is 9.21 Å². The molecule has 4 N–H and O–H groups in total. The summed E-state index contributed by atoms with van der Waals surface area (Å²) in [5, 5.41) is 6.56. The first-order valence-electron chi connectivity index (χ1n) is 10.2. The summed E-state index contributed by atoms with van der Waals surface area (Å²) in [6.45, 7) is 10.7. The second kappa shape index (κ2) is 10.5. The Morgan fingerprint density at radius 3 is 2.61 bits per heavy atom. The van der Waals surface area contributed by atoms with Crippen LogP contribution in [0.5, 0.6) is 0 Å². The van der Waals surface area contributed by atoms with Gasteiger partial charge in [0.15, 0.2) is 5.96 Å². The molecule has 1 fully saturated rings. The second-order valence-corrected chi connectivity index (χ2v) is 8.45. The number of aromatic nitrogens is 1. The van der Waals surface area contributed by atoms with Crippen LogP contribution in [0, 0.1) is 5.92 Å². The molecule has 0 bridgehead atoms. The van der Waals surface area contributed by atoms with Gasteiger partial charge in [-0.15, -0.1) is 0 Å². The smallest absolute Gasteiger partial charge is 0.220 e. The highest BCUT2D eigenvalue weighted by molar-refractivity contribution is 5.79. The predicted octanol–water partition coefficient (Wildman–Crippen LogP) is 1.61. The predicted molar refractivity (Wildman–Crippen MR) is 111 cm³/mol. The van der Waals surface area contributed by atoms with Gasteiger partial charge in [0.2, 0.25) is 11.8 Å². The lowest BCUT2D eigenvalue weighted by Crippen LogP contribution is -2.39. The molecule has 0 radical (unpaired) electrons. The zero-order valence-corrected chi connectivity index (χ0v) is 17.8. The molecule has 2 heterocycles. The molecule has 0 aromatic carbocycles. The average molecular weight is 393 g/mol. The third-order valence-corrected chi connectivity index (χ3v) is 5.11. The van der Waals surface area contributed by atoms with Crippen LogP contribution in [0.15, 0.2) is 15.6 Å². The third-order valence-electron chi connectivity index (χ3n) is 5.11. The maximum atomic E-state index is 11.2. The van der Waals surface area contributed by atoms with Crippen molar-refractivity contribution in [2.75, 3.05) is 33.2 Å². The van der Waals surface area contributed by atoms with E-state index < -0.39 is 0 Å². The molecule has 1 aliphatic heterocycles. The van der Waals surface area contributed by atoms with Crippen molar-refractivity contribution in [3.8, 4) is 0 Å². The van der Waals surface area contributed by atoms with Crippen LogP contribution in [-0.4, -0.2) is 55.0 Å². The Labute approximate surface area is 168 Å². The van der Waals surface area contributed by atoms with Crippen molar-refractivity contribution in [1.82, 2.24) is 20.5 Å². The molecule has 0 atom stereocenters. The van der Waals surface area contributed by atoms with E-state index in [4.69, 9.17) is 10.2 Å². The molecule has 158 valence electrons. The Morgan fingerprint density at radius 1 is 1.32 bits per heavy atom. The summed E-state index contributed by atoms with van der Waals surface area (Å²) in [6, 6.07) is 0. The second-order valence-electron chi connectivity index (χ2n) is 8.45. The number of likely N-dealkylation sites (tertiary alicyclic amines) is 1. The molecule has 0 aliphatic carbocycles. The summed E-state index contributed by atoms with van der Waals surface area (Å²) in [7, 11) is 1.76. The maximum Gasteiger partial charge on any atom is 0.220 e. The van der Waals surface area contributed by atoms with E-state index in [2.05, 4.69) is 46.3 Å². The number of hydrogen-bond donors (Lipinski definition) is 3. The number of nitrogens with one attached hydrogen (secondary N) is 2. The topological polar surface area (TPSA) is 109 Å². The van der Waals surface area contributed by atoms with Crippen molar-refractivity contribution in [1.29, 1.82) is 0 Å². The van der Waals surface area contributed by atoms with E-state index in [1.54, 1.807) is 13.2 Å². The fourth-order valence-corrected chi connectivity index (χ4v) is 3.23. The molecule has 0 unspecified atom stereocenters. The van der Waals surface area contributed by atoms with Crippen molar-refractivity contribution in [2.45, 2.75) is 58.4 Å². The Hall–Kier alpha value is -2.09. The quantitative estimate of drug-likeness (QED) is 0.352. The Morgan fingerprint density at radius 2 is 2.04 bits per heavy atom. The molecule has 28 heavy (non-hydrogen) atoms. The molecule has 8 nitrogen and oxygen atoms in total. The van der Waals surface area contributed by atoms with Crippen LogP contribution in [0.2, 0.25) is 0 Å². The Balaban J connectivity index is 1.59. The summed E-state index contributed by atoms with van der Waals surface area (Å²) in [6.07, 6.45) is 5.74. The molecule has 0 spiro atoms. The molecule has 8 heteroatoms. The molecular formula is C20H36N6O2. The van der Waals surface area contributed by atoms with E-state index in [0.29, 0.717) is 12.4 Å². The molecule has 2 rings (SSSR count). The van der Waals surface area contributed by atoms with Gasteiger partial charge in [-0.1, -0.05) is 20.8 Å². The van der Waals surface area contributed by atoms with Gasteiger partial charge >= 0.3 is 0 Å². The standard InChI is InChI=1S/C20H36N6O2/c1-20(2,3)16-13-24-17(28-16)14-25-19(22-4)23-9-5-6-10-26-11-7-15(8-12-26)18(21)27/h13,15H,5-12,14H2,1-4H3,(H2,21,27)(H2,22,23,25). The highest BCUT2D eigenvalue weighted by Gasteiger charge is 2.22. The highest BCUT2D eigenvalue weighted by Crippen LogP contribution is 2.22. The lowest BCUT2D eigenvalue weighted by Gasteiger charge is -2.30. The summed E-state index contributed by atoms with van der Waals surface area (Å²) < 4.78 is 5.78. The SMILES string of the molecule is CN=C(NCCCCN1CCC(C(N)=O)CC1)NCc1ncc(C(C)(C)C)o1. The number of primary amides is 1. The first-order chi connectivity index (χ1) is 13.3. The third kappa shape index (κ3) is 7.14.